The van der Waals surface area contributed by atoms with Gasteiger partial charge in [0, 0.05) is 5.41 Å². The lowest BCUT2D eigenvalue weighted by molar-refractivity contribution is -0.161. The summed E-state index contributed by atoms with van der Waals surface area (Å²) in [7, 11) is 0. The smallest absolute Gasteiger partial charge is 0.320 e. The van der Waals surface area contributed by atoms with Crippen LogP contribution in [0.25, 0.3) is 0 Å². The summed E-state index contributed by atoms with van der Waals surface area (Å²) in [6.45, 7) is 15.1. The topological polar surface area (TPSA) is 72.8 Å². The standard InChI is InChI=1S/C29H38O5/c1-18(16-27(6)25-21(4)24(30)29(27,8)26(31)34-25)14-12-10-9-11-13-15-19(2)23-20(3)17-28(7,32)22(5)33-23/h9-17,21-23,25,32H,1-8H3. The Hall–Kier alpha value is -2.50. The minimum atomic E-state index is -1.11. The number of Topliss-reactive ketones (excluding diaryl/α,β-unsaturated/α-hetero) is 1. The summed E-state index contributed by atoms with van der Waals surface area (Å²) < 4.78 is 11.5. The first kappa shape index (κ1) is 26.1. The van der Waals surface area contributed by atoms with E-state index in [0.29, 0.717) is 0 Å². The van der Waals surface area contributed by atoms with E-state index >= 15 is 0 Å². The Balaban J connectivity index is 1.61. The van der Waals surface area contributed by atoms with Crippen LogP contribution >= 0.6 is 0 Å². The Morgan fingerprint density at radius 3 is 2.29 bits per heavy atom. The number of fused-ring (bicyclic) bond motifs is 2. The fourth-order valence-electron chi connectivity index (χ4n) is 5.45. The molecule has 3 aliphatic rings. The van der Waals surface area contributed by atoms with E-state index in [0.717, 1.165) is 16.7 Å². The average molecular weight is 467 g/mol. The molecule has 0 radical (unpaired) electrons. The van der Waals surface area contributed by atoms with Gasteiger partial charge in [-0.1, -0.05) is 68.0 Å². The van der Waals surface area contributed by atoms with Crippen molar-refractivity contribution < 1.29 is 24.2 Å². The van der Waals surface area contributed by atoms with Gasteiger partial charge in [0.15, 0.2) is 5.78 Å². The molecule has 0 amide bonds. The van der Waals surface area contributed by atoms with Crippen molar-refractivity contribution in [1.82, 2.24) is 0 Å². The second-order valence-electron chi connectivity index (χ2n) is 10.6. The van der Waals surface area contributed by atoms with E-state index in [1.165, 1.54) is 0 Å². The predicted molar refractivity (Wildman–Crippen MR) is 134 cm³/mol. The summed E-state index contributed by atoms with van der Waals surface area (Å²) in [6.07, 6.45) is 16.8. The van der Waals surface area contributed by atoms with Crippen LogP contribution in [0.5, 0.6) is 0 Å². The number of aliphatic hydroxyl groups is 1. The summed E-state index contributed by atoms with van der Waals surface area (Å²) in [5, 5.41) is 10.3. The van der Waals surface area contributed by atoms with E-state index in [1.807, 2.05) is 96.2 Å². The maximum absolute atomic E-state index is 12.7. The molecule has 2 fully saturated rings. The molecule has 2 bridgehead atoms. The van der Waals surface area contributed by atoms with Crippen LogP contribution in [0.1, 0.15) is 55.4 Å². The molecular weight excluding hydrogens is 428 g/mol. The molecule has 0 aromatic carbocycles. The first-order valence-corrected chi connectivity index (χ1v) is 12.0. The van der Waals surface area contributed by atoms with Crippen molar-refractivity contribution in [2.75, 3.05) is 0 Å². The zero-order valence-electron chi connectivity index (χ0n) is 21.6. The van der Waals surface area contributed by atoms with Gasteiger partial charge in [0.1, 0.15) is 17.1 Å². The molecule has 2 heterocycles. The van der Waals surface area contributed by atoms with Gasteiger partial charge < -0.3 is 14.6 Å². The Morgan fingerprint density at radius 1 is 1.03 bits per heavy atom. The zero-order chi connectivity index (χ0) is 25.5. The first-order chi connectivity index (χ1) is 15.8. The monoisotopic (exact) mass is 466 g/mol. The molecule has 2 aliphatic heterocycles. The highest BCUT2D eigenvalue weighted by molar-refractivity contribution is 6.10. The molecule has 34 heavy (non-hydrogen) atoms. The van der Waals surface area contributed by atoms with Gasteiger partial charge >= 0.3 is 5.97 Å². The molecule has 1 aliphatic carbocycles. The van der Waals surface area contributed by atoms with Gasteiger partial charge in [-0.15, -0.1) is 0 Å². The maximum Gasteiger partial charge on any atom is 0.320 e. The zero-order valence-corrected chi connectivity index (χ0v) is 21.6. The number of rotatable bonds is 6. The van der Waals surface area contributed by atoms with E-state index < -0.39 is 28.5 Å². The van der Waals surface area contributed by atoms with Gasteiger partial charge in [-0.25, -0.2) is 0 Å². The molecule has 5 nitrogen and oxygen atoms in total. The van der Waals surface area contributed by atoms with Crippen molar-refractivity contribution in [3.05, 3.63) is 71.4 Å². The van der Waals surface area contributed by atoms with Gasteiger partial charge in [-0.2, -0.15) is 0 Å². The van der Waals surface area contributed by atoms with Crippen LogP contribution in [0.2, 0.25) is 0 Å². The normalized spacial score (nSPS) is 41.3. The van der Waals surface area contributed by atoms with E-state index in [1.54, 1.807) is 13.8 Å². The molecule has 1 saturated carbocycles. The summed E-state index contributed by atoms with van der Waals surface area (Å²) >= 11 is 0. The average Bonchev–Trinajstić information content (AvgIpc) is 3.02. The van der Waals surface area contributed by atoms with Crippen LogP contribution in [0, 0.1) is 16.7 Å². The SMILES string of the molecule is CC(C=CC=CC=CC=C(C)C1OC(C)C(C)(O)C=C1C)=CC1(C)C2OC(=O)C1(C)C(=O)C2C. The molecule has 0 spiro atoms. The van der Waals surface area contributed by atoms with Crippen molar-refractivity contribution in [2.24, 2.45) is 16.7 Å². The van der Waals surface area contributed by atoms with Crippen molar-refractivity contribution >= 4 is 11.8 Å². The third kappa shape index (κ3) is 4.32. The summed E-state index contributed by atoms with van der Waals surface area (Å²) in [4.78, 5) is 25.0. The lowest BCUT2D eigenvalue weighted by Gasteiger charge is -2.37. The second-order valence-corrected chi connectivity index (χ2v) is 10.6. The lowest BCUT2D eigenvalue weighted by Crippen LogP contribution is -2.44. The Kier molecular flexibility index (Phi) is 7.12. The molecule has 7 atom stereocenters. The largest absolute Gasteiger partial charge is 0.460 e. The summed E-state index contributed by atoms with van der Waals surface area (Å²) in [5.74, 6) is -0.715. The predicted octanol–water partition coefficient (Wildman–Crippen LogP) is 5.19. The van der Waals surface area contributed by atoms with Crippen molar-refractivity contribution in [1.29, 1.82) is 0 Å². The summed E-state index contributed by atoms with van der Waals surface area (Å²) in [6, 6.07) is 0. The number of ketones is 1. The first-order valence-electron chi connectivity index (χ1n) is 12.0. The number of carbonyl (C=O) groups excluding carboxylic acids is 2. The second kappa shape index (κ2) is 9.27. The van der Waals surface area contributed by atoms with Crippen molar-refractivity contribution in [3.63, 3.8) is 0 Å². The minimum absolute atomic E-state index is 0.0261. The van der Waals surface area contributed by atoms with E-state index in [9.17, 15) is 14.7 Å². The highest BCUT2D eigenvalue weighted by Gasteiger charge is 2.73. The number of allylic oxidation sites excluding steroid dienone is 8. The highest BCUT2D eigenvalue weighted by atomic mass is 16.6. The minimum Gasteiger partial charge on any atom is -0.460 e. The van der Waals surface area contributed by atoms with Crippen LogP contribution in [0.3, 0.4) is 0 Å². The van der Waals surface area contributed by atoms with Gasteiger partial charge in [-0.3, -0.25) is 9.59 Å². The van der Waals surface area contributed by atoms with Gasteiger partial charge in [0.2, 0.25) is 0 Å². The third-order valence-corrected chi connectivity index (χ3v) is 7.87. The molecule has 3 rings (SSSR count). The molecule has 1 N–H and O–H groups in total. The van der Waals surface area contributed by atoms with Gasteiger partial charge in [0.05, 0.1) is 18.1 Å². The van der Waals surface area contributed by atoms with Crippen LogP contribution in [0.4, 0.5) is 0 Å². The Morgan fingerprint density at radius 2 is 1.65 bits per heavy atom. The Labute approximate surface area is 203 Å². The number of carbonyl (C=O) groups is 2. The van der Waals surface area contributed by atoms with Crippen LogP contribution in [-0.4, -0.2) is 40.8 Å². The summed E-state index contributed by atoms with van der Waals surface area (Å²) in [5.41, 5.74) is 0.361. The maximum atomic E-state index is 12.7. The van der Waals surface area contributed by atoms with E-state index in [4.69, 9.17) is 9.47 Å². The van der Waals surface area contributed by atoms with Crippen LogP contribution < -0.4 is 0 Å². The van der Waals surface area contributed by atoms with Crippen molar-refractivity contribution in [2.45, 2.75) is 79.3 Å². The van der Waals surface area contributed by atoms with Crippen molar-refractivity contribution in [3.8, 4) is 0 Å². The highest BCUT2D eigenvalue weighted by Crippen LogP contribution is 2.61. The molecule has 0 aromatic rings. The van der Waals surface area contributed by atoms with E-state index in [-0.39, 0.29) is 23.9 Å². The Bertz CT molecular complexity index is 1040. The molecule has 0 aromatic heterocycles. The van der Waals surface area contributed by atoms with Crippen LogP contribution in [0.15, 0.2) is 71.4 Å². The number of ether oxygens (including phenoxy) is 2. The number of esters is 1. The number of hydrogen-bond acceptors (Lipinski definition) is 5. The molecule has 184 valence electrons. The molecule has 5 heteroatoms. The van der Waals surface area contributed by atoms with Gasteiger partial charge in [0.25, 0.3) is 0 Å². The fourth-order valence-corrected chi connectivity index (χ4v) is 5.45. The molecular formula is C29H38O5. The molecule has 1 saturated heterocycles. The quantitative estimate of drug-likeness (QED) is 0.252. The third-order valence-electron chi connectivity index (χ3n) is 7.87. The fraction of sp³-hybridized carbons (Fsp3) is 0.517. The van der Waals surface area contributed by atoms with Gasteiger partial charge in [-0.05, 0) is 58.8 Å². The number of hydrogen-bond donors (Lipinski definition) is 1. The van der Waals surface area contributed by atoms with Crippen LogP contribution in [-0.2, 0) is 19.1 Å². The van der Waals surface area contributed by atoms with E-state index in [2.05, 4.69) is 0 Å². The lowest BCUT2D eigenvalue weighted by atomic mass is 9.68. The molecule has 7 unspecified atom stereocenters.